The first kappa shape index (κ1) is 33.2. The zero-order valence-electron chi connectivity index (χ0n) is 30.7. The zero-order chi connectivity index (χ0) is 37.3. The third-order valence-corrected chi connectivity index (χ3v) is 10.7. The number of ether oxygens (including phenoxy) is 1. The summed E-state index contributed by atoms with van der Waals surface area (Å²) in [6.45, 7) is 0. The van der Waals surface area contributed by atoms with E-state index in [9.17, 15) is 0 Å². The van der Waals surface area contributed by atoms with Gasteiger partial charge in [-0.2, -0.15) is 0 Å². The topological polar surface area (TPSA) is 12.5 Å². The third kappa shape index (κ3) is 6.14. The van der Waals surface area contributed by atoms with Crippen molar-refractivity contribution in [3.63, 3.8) is 0 Å². The molecule has 0 N–H and O–H groups in total. The summed E-state index contributed by atoms with van der Waals surface area (Å²) in [4.78, 5) is 2.34. The van der Waals surface area contributed by atoms with E-state index in [1.165, 1.54) is 27.8 Å². The maximum absolute atomic E-state index is 7.27. The minimum absolute atomic E-state index is 0.805. The quantitative estimate of drug-likeness (QED) is 0.163. The van der Waals surface area contributed by atoms with Gasteiger partial charge in [0.15, 0.2) is 0 Å². The standard InChI is InChI=1S/C54H37NO/c1-5-16-38(17-6-1)40-30-32-44(33-31-40)55(45-25-13-24-43(36-45)39-18-7-2-8-19-39)46-34-35-51-52(37-46)56-54-48(42-22-11-4-12-23-42)27-15-29-50(54)49-28-14-26-47(53(49)51)41-20-9-3-10-21-41/h1-37H. The molecule has 56 heavy (non-hydrogen) atoms. The van der Waals surface area contributed by atoms with E-state index in [4.69, 9.17) is 4.74 Å². The molecule has 0 saturated carbocycles. The van der Waals surface area contributed by atoms with Crippen molar-refractivity contribution in [3.05, 3.63) is 224 Å². The molecular weight excluding hydrogens is 679 g/mol. The molecule has 0 amide bonds. The molecule has 0 unspecified atom stereocenters. The van der Waals surface area contributed by atoms with Gasteiger partial charge in [0.2, 0.25) is 0 Å². The smallest absolute Gasteiger partial charge is 0.143 e. The number of fused-ring (bicyclic) bond motifs is 5. The fourth-order valence-electron chi connectivity index (χ4n) is 8.02. The molecule has 2 heteroatoms. The summed E-state index contributed by atoms with van der Waals surface area (Å²) in [5, 5.41) is 0. The number of nitrogens with zero attached hydrogens (tertiary/aromatic N) is 1. The fourth-order valence-corrected chi connectivity index (χ4v) is 8.02. The fraction of sp³-hybridized carbons (Fsp3) is 0. The van der Waals surface area contributed by atoms with Crippen LogP contribution in [-0.2, 0) is 0 Å². The summed E-state index contributed by atoms with van der Waals surface area (Å²) in [5.41, 5.74) is 16.7. The van der Waals surface area contributed by atoms with E-state index in [2.05, 4.69) is 229 Å². The van der Waals surface area contributed by atoms with E-state index in [0.29, 0.717) is 0 Å². The first-order valence-electron chi connectivity index (χ1n) is 19.1. The maximum atomic E-state index is 7.27. The van der Waals surface area contributed by atoms with Crippen LogP contribution in [0.1, 0.15) is 0 Å². The van der Waals surface area contributed by atoms with Crippen molar-refractivity contribution in [2.75, 3.05) is 4.90 Å². The van der Waals surface area contributed by atoms with Gasteiger partial charge in [0.1, 0.15) is 11.5 Å². The van der Waals surface area contributed by atoms with E-state index >= 15 is 0 Å². The van der Waals surface area contributed by atoms with Gasteiger partial charge in [0, 0.05) is 45.4 Å². The van der Waals surface area contributed by atoms with Crippen LogP contribution in [0.2, 0.25) is 0 Å². The molecular formula is C54H37NO. The predicted octanol–water partition coefficient (Wildman–Crippen LogP) is 15.3. The van der Waals surface area contributed by atoms with Crippen LogP contribution in [0.15, 0.2) is 224 Å². The van der Waals surface area contributed by atoms with E-state index in [1.807, 2.05) is 0 Å². The second-order valence-corrected chi connectivity index (χ2v) is 14.1. The largest absolute Gasteiger partial charge is 0.455 e. The number of hydrogen-bond donors (Lipinski definition) is 0. The van der Waals surface area contributed by atoms with Crippen LogP contribution in [0.3, 0.4) is 0 Å². The summed E-state index contributed by atoms with van der Waals surface area (Å²) >= 11 is 0. The average molecular weight is 716 g/mol. The minimum atomic E-state index is 0.805. The van der Waals surface area contributed by atoms with Crippen LogP contribution in [0.5, 0.6) is 11.5 Å². The molecule has 0 aliphatic carbocycles. The van der Waals surface area contributed by atoms with Gasteiger partial charge < -0.3 is 9.64 Å². The highest BCUT2D eigenvalue weighted by Crippen LogP contribution is 2.54. The van der Waals surface area contributed by atoms with E-state index < -0.39 is 0 Å². The highest BCUT2D eigenvalue weighted by molar-refractivity contribution is 6.01. The van der Waals surface area contributed by atoms with Crippen molar-refractivity contribution in [2.24, 2.45) is 0 Å². The Bertz CT molecular complexity index is 2800. The molecule has 1 aliphatic heterocycles. The molecule has 264 valence electrons. The number of para-hydroxylation sites is 1. The first-order valence-corrected chi connectivity index (χ1v) is 19.1. The Labute approximate surface area is 328 Å². The normalized spacial score (nSPS) is 11.4. The Morgan fingerprint density at radius 3 is 1.39 bits per heavy atom. The molecule has 9 aromatic rings. The Morgan fingerprint density at radius 2 is 0.732 bits per heavy atom. The molecule has 0 radical (unpaired) electrons. The SMILES string of the molecule is c1ccc(-c2ccc(N(c3cccc(-c4ccccc4)c3)c3ccc4c(c3)Oc3c(-c5ccccc5)cccc3-c3cccc(-c5ccccc5)c3-4)cc2)cc1. The van der Waals surface area contributed by atoms with Crippen molar-refractivity contribution in [3.8, 4) is 78.3 Å². The number of benzene rings is 9. The highest BCUT2D eigenvalue weighted by Gasteiger charge is 2.27. The molecule has 1 heterocycles. The van der Waals surface area contributed by atoms with E-state index in [-0.39, 0.29) is 0 Å². The summed E-state index contributed by atoms with van der Waals surface area (Å²) < 4.78 is 7.27. The molecule has 0 atom stereocenters. The van der Waals surface area contributed by atoms with Crippen molar-refractivity contribution in [1.82, 2.24) is 0 Å². The number of hydrogen-bond acceptors (Lipinski definition) is 2. The van der Waals surface area contributed by atoms with E-state index in [1.54, 1.807) is 0 Å². The molecule has 9 aromatic carbocycles. The van der Waals surface area contributed by atoms with Gasteiger partial charge in [-0.1, -0.05) is 182 Å². The zero-order valence-corrected chi connectivity index (χ0v) is 30.7. The lowest BCUT2D eigenvalue weighted by Gasteiger charge is -2.27. The second-order valence-electron chi connectivity index (χ2n) is 14.1. The molecule has 1 aliphatic rings. The highest BCUT2D eigenvalue weighted by atomic mass is 16.5. The Kier molecular flexibility index (Phi) is 8.55. The molecule has 0 aromatic heterocycles. The van der Waals surface area contributed by atoms with Crippen LogP contribution < -0.4 is 9.64 Å². The van der Waals surface area contributed by atoms with Gasteiger partial charge in [0.05, 0.1) is 0 Å². The lowest BCUT2D eigenvalue weighted by Crippen LogP contribution is -2.10. The van der Waals surface area contributed by atoms with Gasteiger partial charge in [-0.25, -0.2) is 0 Å². The molecule has 0 spiro atoms. The van der Waals surface area contributed by atoms with E-state index in [0.717, 1.165) is 67.5 Å². The maximum Gasteiger partial charge on any atom is 0.143 e. The third-order valence-electron chi connectivity index (χ3n) is 10.7. The van der Waals surface area contributed by atoms with Crippen molar-refractivity contribution >= 4 is 17.1 Å². The summed E-state index contributed by atoms with van der Waals surface area (Å²) in [6.07, 6.45) is 0. The van der Waals surface area contributed by atoms with Crippen LogP contribution in [-0.4, -0.2) is 0 Å². The summed E-state index contributed by atoms with van der Waals surface area (Å²) in [5.74, 6) is 1.66. The van der Waals surface area contributed by atoms with Gasteiger partial charge in [-0.05, 0) is 80.9 Å². The lowest BCUT2D eigenvalue weighted by atomic mass is 9.87. The van der Waals surface area contributed by atoms with Crippen molar-refractivity contribution in [2.45, 2.75) is 0 Å². The summed E-state index contributed by atoms with van der Waals surface area (Å²) in [7, 11) is 0. The molecule has 0 fully saturated rings. The molecule has 0 saturated heterocycles. The number of anilines is 3. The monoisotopic (exact) mass is 715 g/mol. The predicted molar refractivity (Wildman–Crippen MR) is 234 cm³/mol. The van der Waals surface area contributed by atoms with Gasteiger partial charge in [0.25, 0.3) is 0 Å². The van der Waals surface area contributed by atoms with Gasteiger partial charge in [-0.15, -0.1) is 0 Å². The Hall–Kier alpha value is -7.42. The van der Waals surface area contributed by atoms with Crippen LogP contribution >= 0.6 is 0 Å². The number of rotatable bonds is 7. The Balaban J connectivity index is 1.19. The molecule has 10 rings (SSSR count). The second kappa shape index (κ2) is 14.4. The van der Waals surface area contributed by atoms with Gasteiger partial charge in [-0.3, -0.25) is 0 Å². The van der Waals surface area contributed by atoms with Crippen molar-refractivity contribution in [1.29, 1.82) is 0 Å². The van der Waals surface area contributed by atoms with Crippen LogP contribution in [0.25, 0.3) is 66.8 Å². The minimum Gasteiger partial charge on any atom is -0.455 e. The summed E-state index contributed by atoms with van der Waals surface area (Å²) in [6, 6.07) is 79.8. The Morgan fingerprint density at radius 1 is 0.268 bits per heavy atom. The molecule has 2 nitrogen and oxygen atoms in total. The van der Waals surface area contributed by atoms with Gasteiger partial charge >= 0.3 is 0 Å². The average Bonchev–Trinajstić information content (AvgIpc) is 3.42. The molecule has 0 bridgehead atoms. The van der Waals surface area contributed by atoms with Crippen molar-refractivity contribution < 1.29 is 4.74 Å². The van der Waals surface area contributed by atoms with Crippen LogP contribution in [0, 0.1) is 0 Å². The van der Waals surface area contributed by atoms with Crippen LogP contribution in [0.4, 0.5) is 17.1 Å². The first-order chi connectivity index (χ1) is 27.8. The lowest BCUT2D eigenvalue weighted by molar-refractivity contribution is 0.489.